The number of ether oxygens (including phenoxy) is 1. The van der Waals surface area contributed by atoms with Crippen LogP contribution in [-0.2, 0) is 11.2 Å². The lowest BCUT2D eigenvalue weighted by Gasteiger charge is -2.55. The topological polar surface area (TPSA) is 28.1 Å². The van der Waals surface area contributed by atoms with Crippen LogP contribution in [0.15, 0.2) is 47.5 Å². The molecule has 8 rings (SSSR count). The molecule has 1 aliphatic carbocycles. The first-order chi connectivity index (χ1) is 17.7. The molecule has 4 nitrogen and oxygen atoms in total. The zero-order valence-electron chi connectivity index (χ0n) is 21.3. The highest BCUT2D eigenvalue weighted by molar-refractivity contribution is 5.77. The standard InChI is InChI=1S/C31H38FN3O/c32-27-9-6-23(7-10-27)29-28-11-8-24(22-4-2-1-3-5-22)20-25(28)12-19-35(29)30-33-16-15-31(36-30)21-34-17-13-26(31)14-18-34/h6-11,20,22,26,29H,1-5,12-19,21H2/t29-,31+/m0/s1. The number of fused-ring (bicyclic) bond motifs is 3. The molecule has 2 atom stereocenters. The zero-order chi connectivity index (χ0) is 24.1. The summed E-state index contributed by atoms with van der Waals surface area (Å²) in [6.07, 6.45) is 11.2. The van der Waals surface area contributed by atoms with Gasteiger partial charge in [-0.1, -0.05) is 49.6 Å². The van der Waals surface area contributed by atoms with Crippen LogP contribution in [0.3, 0.4) is 0 Å². The molecule has 190 valence electrons. The summed E-state index contributed by atoms with van der Waals surface area (Å²) >= 11 is 0. The van der Waals surface area contributed by atoms with Gasteiger partial charge in [-0.15, -0.1) is 0 Å². The third-order valence-electron chi connectivity index (χ3n) is 9.80. The molecule has 6 aliphatic rings. The number of aliphatic imine (C=N–C) groups is 1. The smallest absolute Gasteiger partial charge is 0.288 e. The highest BCUT2D eigenvalue weighted by atomic mass is 19.1. The van der Waals surface area contributed by atoms with E-state index < -0.39 is 0 Å². The number of nitrogens with zero attached hydrogens (tertiary/aromatic N) is 3. The van der Waals surface area contributed by atoms with Crippen molar-refractivity contribution < 1.29 is 9.13 Å². The summed E-state index contributed by atoms with van der Waals surface area (Å²) in [7, 11) is 0. The zero-order valence-corrected chi connectivity index (χ0v) is 21.3. The summed E-state index contributed by atoms with van der Waals surface area (Å²) in [6.45, 7) is 5.17. The van der Waals surface area contributed by atoms with Gasteiger partial charge in [0.1, 0.15) is 11.4 Å². The summed E-state index contributed by atoms with van der Waals surface area (Å²) < 4.78 is 20.9. The van der Waals surface area contributed by atoms with Crippen LogP contribution in [0.1, 0.15) is 85.6 Å². The van der Waals surface area contributed by atoms with E-state index in [0.29, 0.717) is 11.8 Å². The quantitative estimate of drug-likeness (QED) is 0.515. The van der Waals surface area contributed by atoms with Gasteiger partial charge in [0.05, 0.1) is 6.04 Å². The monoisotopic (exact) mass is 487 g/mol. The van der Waals surface area contributed by atoms with Crippen molar-refractivity contribution in [2.24, 2.45) is 10.9 Å². The Morgan fingerprint density at radius 2 is 1.67 bits per heavy atom. The molecule has 1 saturated carbocycles. The highest BCUT2D eigenvalue weighted by Gasteiger charge is 2.51. The van der Waals surface area contributed by atoms with Crippen molar-refractivity contribution >= 4 is 6.02 Å². The largest absolute Gasteiger partial charge is 0.457 e. The average Bonchev–Trinajstić information content (AvgIpc) is 2.94. The van der Waals surface area contributed by atoms with Crippen molar-refractivity contribution in [1.29, 1.82) is 0 Å². The fraction of sp³-hybridized carbons (Fsp3) is 0.581. The van der Waals surface area contributed by atoms with E-state index in [0.717, 1.165) is 44.1 Å². The van der Waals surface area contributed by atoms with Crippen LogP contribution in [-0.4, -0.2) is 54.1 Å². The first kappa shape index (κ1) is 22.8. The molecule has 36 heavy (non-hydrogen) atoms. The van der Waals surface area contributed by atoms with Gasteiger partial charge in [-0.3, -0.25) is 4.90 Å². The Morgan fingerprint density at radius 3 is 2.42 bits per heavy atom. The van der Waals surface area contributed by atoms with Gasteiger partial charge in [-0.05, 0) is 85.5 Å². The molecular weight excluding hydrogens is 449 g/mol. The second-order valence-corrected chi connectivity index (χ2v) is 11.8. The van der Waals surface area contributed by atoms with Crippen molar-refractivity contribution in [3.63, 3.8) is 0 Å². The second-order valence-electron chi connectivity index (χ2n) is 11.8. The summed E-state index contributed by atoms with van der Waals surface area (Å²) in [6, 6.07) is 15.1. The molecule has 0 radical (unpaired) electrons. The number of rotatable bonds is 2. The van der Waals surface area contributed by atoms with Gasteiger partial charge in [-0.2, -0.15) is 0 Å². The van der Waals surface area contributed by atoms with Crippen LogP contribution in [0.5, 0.6) is 0 Å². The van der Waals surface area contributed by atoms with Gasteiger partial charge < -0.3 is 9.64 Å². The Morgan fingerprint density at radius 1 is 0.889 bits per heavy atom. The van der Waals surface area contributed by atoms with Gasteiger partial charge in [0.15, 0.2) is 0 Å². The van der Waals surface area contributed by atoms with E-state index in [4.69, 9.17) is 9.73 Å². The van der Waals surface area contributed by atoms with E-state index in [-0.39, 0.29) is 17.5 Å². The Hall–Kier alpha value is -2.40. The lowest BCUT2D eigenvalue weighted by molar-refractivity contribution is -0.118. The maximum Gasteiger partial charge on any atom is 0.288 e. The van der Waals surface area contributed by atoms with Crippen LogP contribution in [0.2, 0.25) is 0 Å². The SMILES string of the molecule is Fc1ccc([C@H]2c3ccc(C4CCCCC4)cc3CCN2C2=NCC[C@]3(CN4CCC3CC4)O2)cc1. The van der Waals surface area contributed by atoms with Crippen LogP contribution in [0, 0.1) is 11.7 Å². The van der Waals surface area contributed by atoms with Gasteiger partial charge in [0, 0.05) is 32.0 Å². The molecule has 3 saturated heterocycles. The highest BCUT2D eigenvalue weighted by Crippen LogP contribution is 2.45. The van der Waals surface area contributed by atoms with Crippen molar-refractivity contribution in [2.45, 2.75) is 75.3 Å². The minimum Gasteiger partial charge on any atom is -0.457 e. The summed E-state index contributed by atoms with van der Waals surface area (Å²) in [5.74, 6) is 1.15. The number of hydrogen-bond donors (Lipinski definition) is 0. The fourth-order valence-corrected chi connectivity index (χ4v) is 7.83. The van der Waals surface area contributed by atoms with Gasteiger partial charge >= 0.3 is 0 Å². The van der Waals surface area contributed by atoms with E-state index >= 15 is 0 Å². The minimum atomic E-state index is -0.188. The molecule has 5 aliphatic heterocycles. The molecule has 5 heteroatoms. The van der Waals surface area contributed by atoms with Crippen LogP contribution in [0.4, 0.5) is 4.39 Å². The van der Waals surface area contributed by atoms with E-state index in [1.165, 1.54) is 74.7 Å². The van der Waals surface area contributed by atoms with Crippen molar-refractivity contribution in [1.82, 2.24) is 9.80 Å². The first-order valence-corrected chi connectivity index (χ1v) is 14.3. The maximum absolute atomic E-state index is 13.9. The first-order valence-electron chi connectivity index (χ1n) is 14.3. The van der Waals surface area contributed by atoms with E-state index in [1.807, 2.05) is 12.1 Å². The molecule has 0 N–H and O–H groups in total. The fourth-order valence-electron chi connectivity index (χ4n) is 7.83. The number of piperidine rings is 3. The number of benzene rings is 2. The summed E-state index contributed by atoms with van der Waals surface area (Å²) in [5, 5.41) is 0. The lowest BCUT2D eigenvalue weighted by Crippen LogP contribution is -2.63. The maximum atomic E-state index is 13.9. The molecule has 1 spiro atoms. The Bertz CT molecular complexity index is 1130. The number of hydrogen-bond acceptors (Lipinski definition) is 4. The van der Waals surface area contributed by atoms with Crippen molar-refractivity contribution in [3.05, 3.63) is 70.5 Å². The second kappa shape index (κ2) is 9.16. The van der Waals surface area contributed by atoms with E-state index in [9.17, 15) is 4.39 Å². The summed E-state index contributed by atoms with van der Waals surface area (Å²) in [4.78, 5) is 9.94. The van der Waals surface area contributed by atoms with Gasteiger partial charge in [0.2, 0.25) is 0 Å². The number of amidine groups is 1. The Kier molecular flexibility index (Phi) is 5.80. The van der Waals surface area contributed by atoms with E-state index in [2.05, 4.69) is 28.0 Å². The summed E-state index contributed by atoms with van der Waals surface area (Å²) in [5.41, 5.74) is 5.30. The molecule has 0 aromatic heterocycles. The predicted molar refractivity (Wildman–Crippen MR) is 141 cm³/mol. The van der Waals surface area contributed by atoms with Crippen molar-refractivity contribution in [2.75, 3.05) is 32.7 Å². The van der Waals surface area contributed by atoms with Crippen molar-refractivity contribution in [3.8, 4) is 0 Å². The third kappa shape index (κ3) is 3.95. The van der Waals surface area contributed by atoms with Crippen LogP contribution >= 0.6 is 0 Å². The molecule has 0 amide bonds. The third-order valence-corrected chi connectivity index (χ3v) is 9.80. The van der Waals surface area contributed by atoms with Gasteiger partial charge in [0.25, 0.3) is 6.02 Å². The van der Waals surface area contributed by atoms with Crippen LogP contribution in [0.25, 0.3) is 0 Å². The predicted octanol–water partition coefficient (Wildman–Crippen LogP) is 6.06. The van der Waals surface area contributed by atoms with Crippen LogP contribution < -0.4 is 0 Å². The molecule has 5 heterocycles. The molecule has 2 bridgehead atoms. The molecule has 2 aromatic carbocycles. The Labute approximate surface area is 214 Å². The normalized spacial score (nSPS) is 32.2. The Balaban J connectivity index is 1.23. The average molecular weight is 488 g/mol. The molecule has 0 unspecified atom stereocenters. The van der Waals surface area contributed by atoms with E-state index in [1.54, 1.807) is 12.1 Å². The number of halogens is 1. The molecule has 4 fully saturated rings. The minimum absolute atomic E-state index is 0.00439. The van der Waals surface area contributed by atoms with Gasteiger partial charge in [-0.25, -0.2) is 9.38 Å². The molecule has 2 aromatic rings. The lowest BCUT2D eigenvalue weighted by atomic mass is 9.73. The molecular formula is C31H38FN3O.